The van der Waals surface area contributed by atoms with E-state index >= 15 is 0 Å². The van der Waals surface area contributed by atoms with Crippen LogP contribution in [-0.4, -0.2) is 18.4 Å². The summed E-state index contributed by atoms with van der Waals surface area (Å²) >= 11 is 0. The van der Waals surface area contributed by atoms with Gasteiger partial charge in [0.2, 0.25) is 0 Å². The van der Waals surface area contributed by atoms with E-state index in [0.29, 0.717) is 6.54 Å². The van der Waals surface area contributed by atoms with Crippen molar-refractivity contribution >= 4 is 5.78 Å². The zero-order chi connectivity index (χ0) is 5.28. The molecule has 1 aliphatic heterocycles. The summed E-state index contributed by atoms with van der Waals surface area (Å²) in [6, 6.07) is 0.0139. The maximum absolute atomic E-state index is 10.4. The lowest BCUT2D eigenvalue weighted by atomic mass is 10.3. The van der Waals surface area contributed by atoms with Gasteiger partial charge in [0.1, 0.15) is 0 Å². The topological polar surface area (TPSA) is 41.1 Å². The second-order valence-electron chi connectivity index (χ2n) is 1.69. The van der Waals surface area contributed by atoms with E-state index in [0.717, 1.165) is 0 Å². The summed E-state index contributed by atoms with van der Waals surface area (Å²) in [7, 11) is 0. The molecular weight excluding hydrogens is 92.1 g/mol. The van der Waals surface area contributed by atoms with Crippen LogP contribution in [0.4, 0.5) is 0 Å². The van der Waals surface area contributed by atoms with Crippen molar-refractivity contribution in [3.05, 3.63) is 0 Å². The fourth-order valence-electron chi connectivity index (χ4n) is 0.525. The minimum absolute atomic E-state index is 0.0139. The molecular formula is C4H8N2O. The molecule has 0 spiro atoms. The van der Waals surface area contributed by atoms with Crippen LogP contribution in [0.3, 0.4) is 0 Å². The van der Waals surface area contributed by atoms with Gasteiger partial charge in [-0.2, -0.15) is 0 Å². The first-order valence-corrected chi connectivity index (χ1v) is 2.32. The van der Waals surface area contributed by atoms with Gasteiger partial charge >= 0.3 is 0 Å². The maximum atomic E-state index is 10.4. The highest BCUT2D eigenvalue weighted by Crippen LogP contribution is 1.85. The third-order valence-electron chi connectivity index (χ3n) is 1.06. The van der Waals surface area contributed by atoms with Crippen LogP contribution < -0.4 is 10.9 Å². The second kappa shape index (κ2) is 1.60. The monoisotopic (exact) mass is 100 g/mol. The zero-order valence-electron chi connectivity index (χ0n) is 4.19. The van der Waals surface area contributed by atoms with Gasteiger partial charge in [-0.25, -0.2) is 10.9 Å². The molecule has 1 rings (SSSR count). The van der Waals surface area contributed by atoms with Gasteiger partial charge in [0.05, 0.1) is 12.6 Å². The third-order valence-corrected chi connectivity index (χ3v) is 1.06. The van der Waals surface area contributed by atoms with Crippen molar-refractivity contribution in [1.82, 2.24) is 10.9 Å². The molecule has 1 aliphatic rings. The number of hydrogen-bond donors (Lipinski definition) is 2. The molecule has 0 aliphatic carbocycles. The van der Waals surface area contributed by atoms with E-state index in [4.69, 9.17) is 0 Å². The number of carbonyl (C=O) groups is 1. The molecule has 0 amide bonds. The summed E-state index contributed by atoms with van der Waals surface area (Å²) < 4.78 is 0. The molecule has 3 heteroatoms. The van der Waals surface area contributed by atoms with Crippen molar-refractivity contribution in [3.8, 4) is 0 Å². The predicted octanol–water partition coefficient (Wildman–Crippen LogP) is -0.948. The smallest absolute Gasteiger partial charge is 0.165 e. The van der Waals surface area contributed by atoms with Gasteiger partial charge in [0.15, 0.2) is 5.78 Å². The van der Waals surface area contributed by atoms with E-state index < -0.39 is 0 Å². The van der Waals surface area contributed by atoms with Crippen LogP contribution in [0.2, 0.25) is 0 Å². The molecule has 40 valence electrons. The lowest BCUT2D eigenvalue weighted by Gasteiger charge is -1.93. The zero-order valence-corrected chi connectivity index (χ0v) is 4.19. The summed E-state index contributed by atoms with van der Waals surface area (Å²) in [5.74, 6) is 0.236. The van der Waals surface area contributed by atoms with Crippen molar-refractivity contribution in [2.45, 2.75) is 13.0 Å². The first kappa shape index (κ1) is 4.74. The molecule has 1 unspecified atom stereocenters. The number of carbonyl (C=O) groups excluding carboxylic acids is 1. The number of Topliss-reactive ketones (excluding diaryl/α,β-unsaturated/α-hetero) is 1. The lowest BCUT2D eigenvalue weighted by Crippen LogP contribution is -2.28. The average Bonchev–Trinajstić information content (AvgIpc) is 1.91. The van der Waals surface area contributed by atoms with Crippen molar-refractivity contribution < 1.29 is 4.79 Å². The Hall–Kier alpha value is -0.410. The molecule has 0 bridgehead atoms. The number of hydrogen-bond acceptors (Lipinski definition) is 3. The molecule has 0 radical (unpaired) electrons. The SMILES string of the molecule is CC1NNCC1=O. The summed E-state index contributed by atoms with van der Waals surface area (Å²) in [6.45, 7) is 2.31. The van der Waals surface area contributed by atoms with Crippen LogP contribution >= 0.6 is 0 Å². The van der Waals surface area contributed by atoms with Crippen molar-refractivity contribution in [3.63, 3.8) is 0 Å². The molecule has 1 fully saturated rings. The summed E-state index contributed by atoms with van der Waals surface area (Å²) in [5, 5.41) is 0. The Balaban J connectivity index is 2.48. The van der Waals surface area contributed by atoms with E-state index in [1.54, 1.807) is 0 Å². The fourth-order valence-corrected chi connectivity index (χ4v) is 0.525. The standard InChI is InChI=1S/C4H8N2O/c1-3-4(7)2-5-6-3/h3,5-6H,2H2,1H3. The van der Waals surface area contributed by atoms with Gasteiger partial charge in [-0.3, -0.25) is 4.79 Å². The molecule has 7 heavy (non-hydrogen) atoms. The highest BCUT2D eigenvalue weighted by molar-refractivity contribution is 5.86. The van der Waals surface area contributed by atoms with Gasteiger partial charge in [-0.15, -0.1) is 0 Å². The van der Waals surface area contributed by atoms with Crippen LogP contribution in [0, 0.1) is 0 Å². The molecule has 1 saturated heterocycles. The molecule has 0 aromatic carbocycles. The number of nitrogens with one attached hydrogen (secondary N) is 2. The van der Waals surface area contributed by atoms with E-state index in [-0.39, 0.29) is 11.8 Å². The van der Waals surface area contributed by atoms with Crippen molar-refractivity contribution in [1.29, 1.82) is 0 Å². The highest BCUT2D eigenvalue weighted by Gasteiger charge is 2.16. The molecule has 2 N–H and O–H groups in total. The summed E-state index contributed by atoms with van der Waals surface area (Å²) in [6.07, 6.45) is 0. The van der Waals surface area contributed by atoms with Crippen molar-refractivity contribution in [2.75, 3.05) is 6.54 Å². The van der Waals surface area contributed by atoms with Gasteiger partial charge in [-0.05, 0) is 6.92 Å². The third kappa shape index (κ3) is 0.783. The van der Waals surface area contributed by atoms with Crippen LogP contribution in [0.5, 0.6) is 0 Å². The average molecular weight is 100 g/mol. The predicted molar refractivity (Wildman–Crippen MR) is 25.6 cm³/mol. The van der Waals surface area contributed by atoms with Gasteiger partial charge in [0, 0.05) is 0 Å². The Labute approximate surface area is 42.1 Å². The van der Waals surface area contributed by atoms with E-state index in [1.165, 1.54) is 0 Å². The van der Waals surface area contributed by atoms with Crippen LogP contribution in [-0.2, 0) is 4.79 Å². The molecule has 3 nitrogen and oxygen atoms in total. The fraction of sp³-hybridized carbons (Fsp3) is 0.750. The van der Waals surface area contributed by atoms with E-state index in [9.17, 15) is 4.79 Å². The molecule has 0 aromatic rings. The number of rotatable bonds is 0. The minimum atomic E-state index is 0.0139. The minimum Gasteiger partial charge on any atom is -0.296 e. The van der Waals surface area contributed by atoms with Crippen LogP contribution in [0.15, 0.2) is 0 Å². The van der Waals surface area contributed by atoms with E-state index in [2.05, 4.69) is 10.9 Å². The first-order valence-electron chi connectivity index (χ1n) is 2.32. The van der Waals surface area contributed by atoms with Gasteiger partial charge in [0.25, 0.3) is 0 Å². The summed E-state index contributed by atoms with van der Waals surface area (Å²) in [4.78, 5) is 10.4. The lowest BCUT2D eigenvalue weighted by molar-refractivity contribution is -0.117. The van der Waals surface area contributed by atoms with Crippen LogP contribution in [0.1, 0.15) is 6.92 Å². The Bertz CT molecular complexity index is 91.7. The first-order chi connectivity index (χ1) is 3.30. The van der Waals surface area contributed by atoms with E-state index in [1.807, 2.05) is 6.92 Å². The summed E-state index contributed by atoms with van der Waals surface area (Å²) in [5.41, 5.74) is 5.49. The largest absolute Gasteiger partial charge is 0.296 e. The normalized spacial score (nSPS) is 31.6. The highest BCUT2D eigenvalue weighted by atomic mass is 16.1. The van der Waals surface area contributed by atoms with Gasteiger partial charge < -0.3 is 0 Å². The Morgan fingerprint density at radius 1 is 1.86 bits per heavy atom. The quantitative estimate of drug-likeness (QED) is 0.412. The van der Waals surface area contributed by atoms with Gasteiger partial charge in [-0.1, -0.05) is 0 Å². The Morgan fingerprint density at radius 3 is 2.71 bits per heavy atom. The Kier molecular flexibility index (Phi) is 1.08. The molecule has 1 atom stereocenters. The number of ketones is 1. The molecule has 0 saturated carbocycles. The molecule has 0 aromatic heterocycles. The van der Waals surface area contributed by atoms with Crippen LogP contribution in [0.25, 0.3) is 0 Å². The second-order valence-corrected chi connectivity index (χ2v) is 1.69. The molecule has 1 heterocycles. The Morgan fingerprint density at radius 2 is 2.57 bits per heavy atom. The number of hydrazine groups is 1. The maximum Gasteiger partial charge on any atom is 0.165 e. The van der Waals surface area contributed by atoms with Crippen molar-refractivity contribution in [2.24, 2.45) is 0 Å².